The molecule has 6 heteroatoms. The highest BCUT2D eigenvalue weighted by Crippen LogP contribution is 2.12. The van der Waals surface area contributed by atoms with Gasteiger partial charge in [-0.1, -0.05) is 18.2 Å². The molecule has 2 heterocycles. The number of benzene rings is 1. The number of hydrogen-bond acceptors (Lipinski definition) is 5. The number of aromatic nitrogens is 2. The van der Waals surface area contributed by atoms with Crippen LogP contribution in [0.1, 0.15) is 12.8 Å². The van der Waals surface area contributed by atoms with Crippen LogP contribution in [0.2, 0.25) is 0 Å². The summed E-state index contributed by atoms with van der Waals surface area (Å²) in [6.07, 6.45) is 3.51. The Morgan fingerprint density at radius 1 is 1.12 bits per heavy atom. The van der Waals surface area contributed by atoms with Crippen LogP contribution in [0.25, 0.3) is 0 Å². The second-order valence-corrected chi connectivity index (χ2v) is 5.74. The first-order valence-corrected chi connectivity index (χ1v) is 8.41. The van der Waals surface area contributed by atoms with Crippen LogP contribution in [0.15, 0.2) is 47.4 Å². The van der Waals surface area contributed by atoms with E-state index in [1.165, 1.54) is 4.68 Å². The van der Waals surface area contributed by atoms with Crippen molar-refractivity contribution in [3.63, 3.8) is 0 Å². The molecule has 0 amide bonds. The zero-order valence-corrected chi connectivity index (χ0v) is 13.8. The highest BCUT2D eigenvalue weighted by Gasteiger charge is 2.12. The number of rotatable bonds is 7. The third-order valence-electron chi connectivity index (χ3n) is 4.01. The third kappa shape index (κ3) is 4.58. The lowest BCUT2D eigenvalue weighted by Crippen LogP contribution is -2.37. The molecule has 0 aliphatic carbocycles. The zero-order valence-electron chi connectivity index (χ0n) is 13.8. The first-order valence-electron chi connectivity index (χ1n) is 8.41. The van der Waals surface area contributed by atoms with Gasteiger partial charge >= 0.3 is 0 Å². The van der Waals surface area contributed by atoms with Crippen molar-refractivity contribution in [2.75, 3.05) is 37.8 Å². The quantitative estimate of drug-likeness (QED) is 0.727. The average molecular weight is 329 g/mol. The average Bonchev–Trinajstić information content (AvgIpc) is 2.64. The van der Waals surface area contributed by atoms with Crippen molar-refractivity contribution >= 4 is 5.69 Å². The van der Waals surface area contributed by atoms with E-state index in [-0.39, 0.29) is 5.56 Å². The SMILES string of the molecule is O=c1cc(N2CCOCC2)cnn1CCCCOc1ccccc1. The maximum absolute atomic E-state index is 12.2. The van der Waals surface area contributed by atoms with E-state index in [0.29, 0.717) is 26.4 Å². The highest BCUT2D eigenvalue weighted by molar-refractivity contribution is 5.43. The van der Waals surface area contributed by atoms with Gasteiger partial charge in [-0.25, -0.2) is 4.68 Å². The number of para-hydroxylation sites is 1. The molecule has 6 nitrogen and oxygen atoms in total. The van der Waals surface area contributed by atoms with Crippen molar-refractivity contribution in [1.29, 1.82) is 0 Å². The van der Waals surface area contributed by atoms with Crippen LogP contribution in [0, 0.1) is 0 Å². The largest absolute Gasteiger partial charge is 0.494 e. The van der Waals surface area contributed by atoms with Gasteiger partial charge in [0.1, 0.15) is 5.75 Å². The summed E-state index contributed by atoms with van der Waals surface area (Å²) in [5, 5.41) is 4.29. The Hall–Kier alpha value is -2.34. The molecule has 0 N–H and O–H groups in total. The van der Waals surface area contributed by atoms with E-state index >= 15 is 0 Å². The molecule has 0 unspecified atom stereocenters. The van der Waals surface area contributed by atoms with E-state index in [0.717, 1.165) is 37.4 Å². The van der Waals surface area contributed by atoms with E-state index in [9.17, 15) is 4.79 Å². The number of ether oxygens (including phenoxy) is 2. The summed E-state index contributed by atoms with van der Waals surface area (Å²) in [6, 6.07) is 11.4. The van der Waals surface area contributed by atoms with Crippen LogP contribution in [0.5, 0.6) is 5.75 Å². The molecule has 2 aromatic rings. The van der Waals surface area contributed by atoms with Crippen molar-refractivity contribution in [3.05, 3.63) is 52.9 Å². The maximum atomic E-state index is 12.2. The molecule has 1 aromatic carbocycles. The Balaban J connectivity index is 1.44. The lowest BCUT2D eigenvalue weighted by atomic mass is 10.3. The van der Waals surface area contributed by atoms with Gasteiger partial charge < -0.3 is 14.4 Å². The summed E-state index contributed by atoms with van der Waals surface area (Å²) < 4.78 is 12.5. The Morgan fingerprint density at radius 3 is 2.67 bits per heavy atom. The third-order valence-corrected chi connectivity index (χ3v) is 4.01. The van der Waals surface area contributed by atoms with Gasteiger partial charge in [-0.2, -0.15) is 5.10 Å². The molecule has 1 fully saturated rings. The molecule has 1 aliphatic rings. The van der Waals surface area contributed by atoms with Gasteiger partial charge in [0.2, 0.25) is 0 Å². The van der Waals surface area contributed by atoms with E-state index in [4.69, 9.17) is 9.47 Å². The van der Waals surface area contributed by atoms with Gasteiger partial charge in [0, 0.05) is 25.7 Å². The number of morpholine rings is 1. The molecule has 3 rings (SSSR count). The number of hydrogen-bond donors (Lipinski definition) is 0. The number of unbranched alkanes of at least 4 members (excludes halogenated alkanes) is 1. The molecule has 0 radical (unpaired) electrons. The van der Waals surface area contributed by atoms with E-state index < -0.39 is 0 Å². The van der Waals surface area contributed by atoms with Crippen molar-refractivity contribution in [1.82, 2.24) is 9.78 Å². The van der Waals surface area contributed by atoms with Crippen molar-refractivity contribution < 1.29 is 9.47 Å². The number of aryl methyl sites for hydroxylation is 1. The number of nitrogens with zero attached hydrogens (tertiary/aromatic N) is 3. The van der Waals surface area contributed by atoms with Gasteiger partial charge in [0.15, 0.2) is 0 Å². The van der Waals surface area contributed by atoms with Gasteiger partial charge in [-0.05, 0) is 25.0 Å². The summed E-state index contributed by atoms with van der Waals surface area (Å²) >= 11 is 0. The molecule has 1 aliphatic heterocycles. The zero-order chi connectivity index (χ0) is 16.6. The molecule has 0 bridgehead atoms. The second-order valence-electron chi connectivity index (χ2n) is 5.74. The summed E-state index contributed by atoms with van der Waals surface area (Å²) in [5.41, 5.74) is 0.829. The summed E-state index contributed by atoms with van der Waals surface area (Å²) in [6.45, 7) is 4.27. The maximum Gasteiger partial charge on any atom is 0.268 e. The van der Waals surface area contributed by atoms with Crippen molar-refractivity contribution in [2.45, 2.75) is 19.4 Å². The normalized spacial score (nSPS) is 14.6. The molecule has 0 spiro atoms. The minimum Gasteiger partial charge on any atom is -0.494 e. The van der Waals surface area contributed by atoms with Crippen LogP contribution < -0.4 is 15.2 Å². The Labute approximate surface area is 141 Å². The summed E-state index contributed by atoms with van der Waals surface area (Å²) in [7, 11) is 0. The van der Waals surface area contributed by atoms with Crippen LogP contribution in [0.3, 0.4) is 0 Å². The summed E-state index contributed by atoms with van der Waals surface area (Å²) in [5.74, 6) is 0.877. The Kier molecular flexibility index (Phi) is 5.85. The van der Waals surface area contributed by atoms with Gasteiger partial charge in [-0.15, -0.1) is 0 Å². The van der Waals surface area contributed by atoms with Crippen LogP contribution in [0.4, 0.5) is 5.69 Å². The van der Waals surface area contributed by atoms with Gasteiger partial charge in [0.05, 0.1) is 31.7 Å². The second kappa shape index (κ2) is 8.49. The first-order chi connectivity index (χ1) is 11.8. The lowest BCUT2D eigenvalue weighted by Gasteiger charge is -2.28. The predicted molar refractivity (Wildman–Crippen MR) is 92.7 cm³/mol. The standard InChI is InChI=1S/C18H23N3O3/c22-18-14-16(20-9-12-23-13-10-20)15-19-21(18)8-4-5-11-24-17-6-2-1-3-7-17/h1-3,6-7,14-15H,4-5,8-13H2. The fourth-order valence-electron chi connectivity index (χ4n) is 2.66. The molecule has 24 heavy (non-hydrogen) atoms. The number of anilines is 1. The van der Waals surface area contributed by atoms with Crippen LogP contribution in [-0.2, 0) is 11.3 Å². The van der Waals surface area contributed by atoms with Crippen LogP contribution in [-0.4, -0.2) is 42.7 Å². The van der Waals surface area contributed by atoms with E-state index in [1.54, 1.807) is 12.3 Å². The topological polar surface area (TPSA) is 56.6 Å². The van der Waals surface area contributed by atoms with Gasteiger partial charge in [-0.3, -0.25) is 4.79 Å². The first kappa shape index (κ1) is 16.5. The molecular formula is C18H23N3O3. The monoisotopic (exact) mass is 329 g/mol. The van der Waals surface area contributed by atoms with Gasteiger partial charge in [0.25, 0.3) is 5.56 Å². The van der Waals surface area contributed by atoms with E-state index in [2.05, 4.69) is 10.00 Å². The smallest absolute Gasteiger partial charge is 0.268 e. The van der Waals surface area contributed by atoms with Crippen molar-refractivity contribution in [3.8, 4) is 5.75 Å². The van der Waals surface area contributed by atoms with E-state index in [1.807, 2.05) is 30.3 Å². The fraction of sp³-hybridized carbons (Fsp3) is 0.444. The minimum absolute atomic E-state index is 0.0528. The predicted octanol–water partition coefficient (Wildman–Crippen LogP) is 1.94. The lowest BCUT2D eigenvalue weighted by molar-refractivity contribution is 0.122. The molecule has 0 saturated carbocycles. The molecule has 1 aromatic heterocycles. The fourth-order valence-corrected chi connectivity index (χ4v) is 2.66. The van der Waals surface area contributed by atoms with Crippen molar-refractivity contribution in [2.24, 2.45) is 0 Å². The highest BCUT2D eigenvalue weighted by atomic mass is 16.5. The van der Waals surface area contributed by atoms with Crippen LogP contribution >= 0.6 is 0 Å². The molecule has 0 atom stereocenters. The summed E-state index contributed by atoms with van der Waals surface area (Å²) in [4.78, 5) is 14.3. The molecular weight excluding hydrogens is 306 g/mol. The Morgan fingerprint density at radius 2 is 1.92 bits per heavy atom. The Bertz CT molecular complexity index is 681. The molecule has 1 saturated heterocycles. The minimum atomic E-state index is -0.0528. The molecule has 128 valence electrons.